The van der Waals surface area contributed by atoms with Gasteiger partial charge in [-0.05, 0) is 42.0 Å². The molecule has 0 aliphatic carbocycles. The molecule has 1 N–H and O–H groups in total. The van der Waals surface area contributed by atoms with Gasteiger partial charge < -0.3 is 10.1 Å². The average Bonchev–Trinajstić information content (AvgIpc) is 2.76. The zero-order valence-corrected chi connectivity index (χ0v) is 16.3. The van der Waals surface area contributed by atoms with Crippen molar-refractivity contribution in [3.8, 4) is 5.75 Å². The van der Waals surface area contributed by atoms with Gasteiger partial charge in [0.2, 0.25) is 0 Å². The van der Waals surface area contributed by atoms with Crippen LogP contribution >= 0.6 is 0 Å². The van der Waals surface area contributed by atoms with Crippen LogP contribution in [0.15, 0.2) is 60.9 Å². The maximum atomic E-state index is 13.6. The van der Waals surface area contributed by atoms with E-state index in [9.17, 15) is 31.1 Å². The molecule has 1 aromatic carbocycles. The van der Waals surface area contributed by atoms with Gasteiger partial charge in [0.1, 0.15) is 11.4 Å². The molecule has 32 heavy (non-hydrogen) atoms. The minimum absolute atomic E-state index is 0.0240. The third kappa shape index (κ3) is 5.16. The van der Waals surface area contributed by atoms with E-state index >= 15 is 0 Å². The summed E-state index contributed by atoms with van der Waals surface area (Å²) in [5.74, 6) is -0.499. The van der Waals surface area contributed by atoms with Crippen molar-refractivity contribution in [1.82, 2.24) is 15.3 Å². The Kier molecular flexibility index (Phi) is 6.37. The largest absolute Gasteiger partial charge is 0.495 e. The molecule has 0 aliphatic heterocycles. The molecule has 0 fully saturated rings. The van der Waals surface area contributed by atoms with Crippen LogP contribution in [0.3, 0.4) is 0 Å². The Morgan fingerprint density at radius 3 is 2.16 bits per heavy atom. The Hall–Kier alpha value is -3.63. The Morgan fingerprint density at radius 2 is 1.62 bits per heavy atom. The number of amides is 1. The van der Waals surface area contributed by atoms with Gasteiger partial charge in [-0.15, -0.1) is 0 Å². The van der Waals surface area contributed by atoms with Crippen LogP contribution in [0.4, 0.5) is 26.3 Å². The fourth-order valence-corrected chi connectivity index (χ4v) is 2.90. The van der Waals surface area contributed by atoms with Gasteiger partial charge in [0, 0.05) is 6.20 Å². The summed E-state index contributed by atoms with van der Waals surface area (Å²) in [6.45, 7) is 0. The quantitative estimate of drug-likeness (QED) is 0.548. The molecule has 11 heteroatoms. The van der Waals surface area contributed by atoms with Crippen LogP contribution in [0.25, 0.3) is 0 Å². The van der Waals surface area contributed by atoms with Gasteiger partial charge in [-0.3, -0.25) is 9.78 Å². The van der Waals surface area contributed by atoms with Crippen molar-refractivity contribution in [3.63, 3.8) is 0 Å². The van der Waals surface area contributed by atoms with E-state index in [1.165, 1.54) is 25.4 Å². The third-order valence-electron chi connectivity index (χ3n) is 4.47. The number of benzene rings is 1. The van der Waals surface area contributed by atoms with Crippen molar-refractivity contribution in [2.75, 3.05) is 7.11 Å². The topological polar surface area (TPSA) is 64.1 Å². The van der Waals surface area contributed by atoms with E-state index in [1.54, 1.807) is 0 Å². The number of aromatic nitrogens is 2. The number of carbonyl (C=O) groups excluding carboxylic acids is 1. The van der Waals surface area contributed by atoms with Crippen LogP contribution in [-0.2, 0) is 12.4 Å². The van der Waals surface area contributed by atoms with Crippen molar-refractivity contribution in [2.24, 2.45) is 0 Å². The molecule has 0 saturated carbocycles. The molecule has 3 aromatic rings. The van der Waals surface area contributed by atoms with Gasteiger partial charge in [-0.2, -0.15) is 26.3 Å². The lowest BCUT2D eigenvalue weighted by atomic mass is 9.97. The van der Waals surface area contributed by atoms with Crippen LogP contribution in [0.1, 0.15) is 38.9 Å². The fraction of sp³-hybridized carbons (Fsp3) is 0.190. The highest BCUT2D eigenvalue weighted by atomic mass is 19.4. The van der Waals surface area contributed by atoms with Gasteiger partial charge in [0.05, 0.1) is 36.2 Å². The molecule has 0 bridgehead atoms. The number of pyridine rings is 2. The predicted octanol–water partition coefficient (Wildman–Crippen LogP) is 5.04. The van der Waals surface area contributed by atoms with Crippen molar-refractivity contribution >= 4 is 5.91 Å². The molecule has 168 valence electrons. The molecule has 0 saturated heterocycles. The monoisotopic (exact) mass is 455 g/mol. The molecule has 0 aliphatic rings. The number of nitrogens with zero attached hydrogens (tertiary/aromatic N) is 2. The first kappa shape index (κ1) is 23.0. The second-order valence-electron chi connectivity index (χ2n) is 6.54. The van der Waals surface area contributed by atoms with Gasteiger partial charge >= 0.3 is 12.4 Å². The number of hydrogen-bond donors (Lipinski definition) is 1. The molecule has 3 rings (SSSR count). The van der Waals surface area contributed by atoms with E-state index in [0.29, 0.717) is 5.75 Å². The highest BCUT2D eigenvalue weighted by Crippen LogP contribution is 2.36. The van der Waals surface area contributed by atoms with E-state index < -0.39 is 41.1 Å². The summed E-state index contributed by atoms with van der Waals surface area (Å²) >= 11 is 0. The van der Waals surface area contributed by atoms with Crippen LogP contribution in [-0.4, -0.2) is 23.0 Å². The minimum Gasteiger partial charge on any atom is -0.495 e. The third-order valence-corrected chi connectivity index (χ3v) is 4.47. The summed E-state index contributed by atoms with van der Waals surface area (Å²) in [7, 11) is 1.39. The second kappa shape index (κ2) is 8.85. The lowest BCUT2D eigenvalue weighted by Gasteiger charge is -2.22. The van der Waals surface area contributed by atoms with Crippen LogP contribution in [0, 0.1) is 0 Å². The van der Waals surface area contributed by atoms with Gasteiger partial charge in [0.25, 0.3) is 5.91 Å². The summed E-state index contributed by atoms with van der Waals surface area (Å²) in [5, 5.41) is 2.39. The first-order valence-corrected chi connectivity index (χ1v) is 9.01. The maximum absolute atomic E-state index is 13.6. The number of ether oxygens (including phenoxy) is 1. The molecule has 1 atom stereocenters. The van der Waals surface area contributed by atoms with Gasteiger partial charge in [-0.25, -0.2) is 4.98 Å². The molecular formula is C21H15F6N3O2. The van der Waals surface area contributed by atoms with Crippen molar-refractivity contribution in [2.45, 2.75) is 18.4 Å². The Balaban J connectivity index is 2.05. The number of carbonyl (C=O) groups is 1. The Morgan fingerprint density at radius 1 is 0.938 bits per heavy atom. The number of rotatable bonds is 5. The van der Waals surface area contributed by atoms with Crippen molar-refractivity contribution in [1.29, 1.82) is 0 Å². The van der Waals surface area contributed by atoms with E-state index in [-0.39, 0.29) is 11.3 Å². The maximum Gasteiger partial charge on any atom is 0.418 e. The average molecular weight is 455 g/mol. The first-order chi connectivity index (χ1) is 15.0. The molecule has 1 amide bonds. The van der Waals surface area contributed by atoms with Crippen LogP contribution in [0.5, 0.6) is 5.75 Å². The number of methoxy groups -OCH3 is 1. The zero-order valence-electron chi connectivity index (χ0n) is 16.3. The molecule has 0 radical (unpaired) electrons. The summed E-state index contributed by atoms with van der Waals surface area (Å²) in [6.07, 6.45) is -7.10. The highest BCUT2D eigenvalue weighted by molar-refractivity contribution is 5.92. The molecular weight excluding hydrogens is 440 g/mol. The molecule has 2 aromatic heterocycles. The van der Waals surface area contributed by atoms with E-state index in [2.05, 4.69) is 15.3 Å². The van der Waals surface area contributed by atoms with Gasteiger partial charge in [-0.1, -0.05) is 12.1 Å². The molecule has 0 unspecified atom stereocenters. The zero-order chi connectivity index (χ0) is 23.5. The lowest BCUT2D eigenvalue weighted by Crippen LogP contribution is -2.32. The Labute approximate surface area is 178 Å². The second-order valence-corrected chi connectivity index (χ2v) is 6.54. The van der Waals surface area contributed by atoms with E-state index in [4.69, 9.17) is 4.74 Å². The van der Waals surface area contributed by atoms with Crippen molar-refractivity contribution in [3.05, 3.63) is 89.0 Å². The minimum atomic E-state index is -4.81. The standard InChI is InChI=1S/C21H15F6N3O2/c1-32-14-8-9-16(29-11-14)19(31)30-17(12-4-6-13(7-5-12)20(22,23)24)18-15(21(25,26)27)3-2-10-28-18/h2-11,17H,1H3,(H,30,31)/t17-/m0/s1. The normalized spacial score (nSPS) is 12.8. The molecule has 2 heterocycles. The Bertz CT molecular complexity index is 1080. The molecule has 5 nitrogen and oxygen atoms in total. The SMILES string of the molecule is COc1ccc(C(=O)N[C@@H](c2ccc(C(F)(F)F)cc2)c2ncccc2C(F)(F)F)nc1. The van der Waals surface area contributed by atoms with E-state index in [0.717, 1.165) is 42.6 Å². The van der Waals surface area contributed by atoms with E-state index in [1.807, 2.05) is 0 Å². The number of halogens is 6. The number of alkyl halides is 6. The fourth-order valence-electron chi connectivity index (χ4n) is 2.90. The van der Waals surface area contributed by atoms with Crippen LogP contribution in [0.2, 0.25) is 0 Å². The number of hydrogen-bond acceptors (Lipinski definition) is 4. The first-order valence-electron chi connectivity index (χ1n) is 9.01. The van der Waals surface area contributed by atoms with Crippen molar-refractivity contribution < 1.29 is 35.9 Å². The summed E-state index contributed by atoms with van der Waals surface area (Å²) in [4.78, 5) is 20.3. The lowest BCUT2D eigenvalue weighted by molar-refractivity contribution is -0.139. The highest BCUT2D eigenvalue weighted by Gasteiger charge is 2.37. The smallest absolute Gasteiger partial charge is 0.418 e. The van der Waals surface area contributed by atoms with Gasteiger partial charge in [0.15, 0.2) is 0 Å². The summed E-state index contributed by atoms with van der Waals surface area (Å²) in [5.41, 5.74) is -2.84. The predicted molar refractivity (Wildman–Crippen MR) is 101 cm³/mol. The molecule has 0 spiro atoms. The van der Waals surface area contributed by atoms with Crippen LogP contribution < -0.4 is 10.1 Å². The number of nitrogens with one attached hydrogen (secondary N) is 1. The summed E-state index contributed by atoms with van der Waals surface area (Å²) in [6, 6.07) is 6.49. The summed E-state index contributed by atoms with van der Waals surface area (Å²) < 4.78 is 84.3.